The van der Waals surface area contributed by atoms with Crippen molar-refractivity contribution in [3.63, 3.8) is 0 Å². The van der Waals surface area contributed by atoms with E-state index in [0.29, 0.717) is 0 Å². The molecule has 0 bridgehead atoms. The highest BCUT2D eigenvalue weighted by molar-refractivity contribution is 7.98. The molecule has 0 aliphatic carbocycles. The molecule has 2 aromatic rings. The molecule has 0 unspecified atom stereocenters. The Morgan fingerprint density at radius 2 is 1.16 bits per heavy atom. The monoisotopic (exact) mass is 358 g/mol. The van der Waals surface area contributed by atoms with E-state index in [1.807, 2.05) is 52.0 Å². The fraction of sp³-hybridized carbons (Fsp3) is 0.400. The predicted molar refractivity (Wildman–Crippen MR) is 102 cm³/mol. The summed E-state index contributed by atoms with van der Waals surface area (Å²) in [6.45, 7) is 7.71. The van der Waals surface area contributed by atoms with E-state index in [9.17, 15) is 10.4 Å². The highest BCUT2D eigenvalue weighted by Crippen LogP contribution is 2.47. The number of benzene rings is 2. The van der Waals surface area contributed by atoms with E-state index >= 15 is 0 Å². The largest absolute Gasteiger partial charge is 0.311 e. The lowest BCUT2D eigenvalue weighted by Gasteiger charge is -2.37. The molecule has 134 valence electrons. The van der Waals surface area contributed by atoms with E-state index in [4.69, 9.17) is 0 Å². The van der Waals surface area contributed by atoms with Crippen molar-refractivity contribution in [1.82, 2.24) is 10.1 Å². The first-order valence-corrected chi connectivity index (χ1v) is 9.63. The van der Waals surface area contributed by atoms with Gasteiger partial charge in [-0.15, -0.1) is 11.8 Å². The Morgan fingerprint density at radius 1 is 0.760 bits per heavy atom. The van der Waals surface area contributed by atoms with Gasteiger partial charge in [-0.3, -0.25) is 0 Å². The molecule has 0 aromatic heterocycles. The molecular weight excluding hydrogens is 332 g/mol. The van der Waals surface area contributed by atoms with Crippen LogP contribution in [0.2, 0.25) is 0 Å². The van der Waals surface area contributed by atoms with Crippen LogP contribution in [-0.2, 0) is 0 Å². The lowest BCUT2D eigenvalue weighted by Crippen LogP contribution is -2.52. The second-order valence-electron chi connectivity index (χ2n) is 7.53. The molecule has 2 N–H and O–H groups in total. The van der Waals surface area contributed by atoms with Crippen molar-refractivity contribution >= 4 is 11.8 Å². The van der Waals surface area contributed by atoms with Gasteiger partial charge in [0.05, 0.1) is 11.1 Å². The number of thioether (sulfide) groups is 1. The summed E-state index contributed by atoms with van der Waals surface area (Å²) in [5.74, 6) is 0. The first-order chi connectivity index (χ1) is 11.7. The Hall–Kier alpha value is -1.37. The molecule has 1 aliphatic rings. The smallest absolute Gasteiger partial charge is 0.136 e. The average Bonchev–Trinajstić information content (AvgIpc) is 2.73. The van der Waals surface area contributed by atoms with Gasteiger partial charge in [0.25, 0.3) is 0 Å². The van der Waals surface area contributed by atoms with Gasteiger partial charge in [0, 0.05) is 4.90 Å². The third kappa shape index (κ3) is 2.90. The van der Waals surface area contributed by atoms with Crippen molar-refractivity contribution in [1.29, 1.82) is 0 Å². The third-order valence-corrected chi connectivity index (χ3v) is 6.48. The highest BCUT2D eigenvalue weighted by atomic mass is 32.2. The molecule has 1 aliphatic heterocycles. The second kappa shape index (κ2) is 6.41. The second-order valence-corrected chi connectivity index (χ2v) is 8.41. The van der Waals surface area contributed by atoms with Crippen LogP contribution < -0.4 is 0 Å². The zero-order chi connectivity index (χ0) is 18.4. The normalized spacial score (nSPS) is 20.9. The molecule has 0 radical (unpaired) electrons. The van der Waals surface area contributed by atoms with E-state index < -0.39 is 17.2 Å². The SMILES string of the molecule is CSc1ccc(-c2ccc(C3N(O)C(C)(C)C(C)(C)N3O)cc2)cc1. The molecular formula is C20H26N2O2S. The molecule has 5 heteroatoms. The molecule has 0 saturated carbocycles. The van der Waals surface area contributed by atoms with Gasteiger partial charge in [-0.25, -0.2) is 0 Å². The molecule has 0 amide bonds. The summed E-state index contributed by atoms with van der Waals surface area (Å²) >= 11 is 1.73. The minimum atomic E-state index is -0.585. The van der Waals surface area contributed by atoms with Crippen molar-refractivity contribution < 1.29 is 10.4 Å². The minimum Gasteiger partial charge on any atom is -0.311 e. The van der Waals surface area contributed by atoms with Crippen molar-refractivity contribution in [2.45, 2.75) is 49.8 Å². The van der Waals surface area contributed by atoms with Gasteiger partial charge in [0.15, 0.2) is 0 Å². The standard InChI is InChI=1S/C20H26N2O2S/c1-19(2)20(3,4)22(24)18(21(19)23)16-8-6-14(7-9-16)15-10-12-17(25-5)13-11-15/h6-13,18,23-24H,1-5H3. The fourth-order valence-electron chi connectivity index (χ4n) is 3.19. The van der Waals surface area contributed by atoms with Gasteiger partial charge in [0.2, 0.25) is 0 Å². The molecule has 0 spiro atoms. The summed E-state index contributed by atoms with van der Waals surface area (Å²) in [4.78, 5) is 1.24. The molecule has 3 rings (SSSR count). The van der Waals surface area contributed by atoms with Crippen LogP contribution in [0, 0.1) is 0 Å². The Bertz CT molecular complexity index is 721. The zero-order valence-electron chi connectivity index (χ0n) is 15.4. The topological polar surface area (TPSA) is 46.9 Å². The van der Waals surface area contributed by atoms with Crippen LogP contribution in [-0.4, -0.2) is 37.9 Å². The summed E-state index contributed by atoms with van der Waals surface area (Å²) in [5.41, 5.74) is 1.95. The molecule has 0 atom stereocenters. The highest BCUT2D eigenvalue weighted by Gasteiger charge is 2.58. The number of hydroxylamine groups is 4. The van der Waals surface area contributed by atoms with Crippen LogP contribution in [0.5, 0.6) is 0 Å². The zero-order valence-corrected chi connectivity index (χ0v) is 16.2. The molecule has 4 nitrogen and oxygen atoms in total. The number of nitrogens with zero attached hydrogens (tertiary/aromatic N) is 2. The summed E-state index contributed by atoms with van der Waals surface area (Å²) < 4.78 is 0. The lowest BCUT2D eigenvalue weighted by atomic mass is 9.84. The van der Waals surface area contributed by atoms with Crippen LogP contribution >= 0.6 is 11.8 Å². The Balaban J connectivity index is 1.90. The van der Waals surface area contributed by atoms with E-state index in [0.717, 1.165) is 16.7 Å². The number of hydrogen-bond donors (Lipinski definition) is 2. The van der Waals surface area contributed by atoms with E-state index in [1.54, 1.807) is 11.8 Å². The lowest BCUT2D eigenvalue weighted by molar-refractivity contribution is -0.223. The molecule has 25 heavy (non-hydrogen) atoms. The van der Waals surface area contributed by atoms with Gasteiger partial charge in [-0.05, 0) is 62.8 Å². The van der Waals surface area contributed by atoms with Crippen LogP contribution in [0.3, 0.4) is 0 Å². The summed E-state index contributed by atoms with van der Waals surface area (Å²) in [6.07, 6.45) is 1.48. The molecule has 1 heterocycles. The number of hydrogen-bond acceptors (Lipinski definition) is 5. The molecule has 1 fully saturated rings. The maximum absolute atomic E-state index is 10.6. The van der Waals surface area contributed by atoms with Crippen LogP contribution in [0.4, 0.5) is 0 Å². The fourth-order valence-corrected chi connectivity index (χ4v) is 3.60. The van der Waals surface area contributed by atoms with Crippen LogP contribution in [0.25, 0.3) is 11.1 Å². The van der Waals surface area contributed by atoms with Gasteiger partial charge in [-0.1, -0.05) is 36.4 Å². The van der Waals surface area contributed by atoms with Crippen molar-refractivity contribution in [3.05, 3.63) is 54.1 Å². The maximum atomic E-state index is 10.6. The quantitative estimate of drug-likeness (QED) is 0.754. The van der Waals surface area contributed by atoms with Crippen LogP contribution in [0.1, 0.15) is 39.4 Å². The Morgan fingerprint density at radius 3 is 1.56 bits per heavy atom. The van der Waals surface area contributed by atoms with Gasteiger partial charge in [0.1, 0.15) is 6.17 Å². The van der Waals surface area contributed by atoms with Crippen molar-refractivity contribution in [2.24, 2.45) is 0 Å². The molecule has 2 aromatic carbocycles. The maximum Gasteiger partial charge on any atom is 0.136 e. The van der Waals surface area contributed by atoms with E-state index in [-0.39, 0.29) is 0 Å². The van der Waals surface area contributed by atoms with Crippen molar-refractivity contribution in [3.8, 4) is 11.1 Å². The summed E-state index contributed by atoms with van der Waals surface area (Å²) in [5, 5.41) is 23.8. The Labute approximate surface area is 154 Å². The van der Waals surface area contributed by atoms with Gasteiger partial charge in [-0.2, -0.15) is 10.1 Å². The van der Waals surface area contributed by atoms with Crippen molar-refractivity contribution in [2.75, 3.05) is 6.26 Å². The third-order valence-electron chi connectivity index (χ3n) is 5.74. The summed E-state index contributed by atoms with van der Waals surface area (Å²) in [7, 11) is 0. The van der Waals surface area contributed by atoms with E-state index in [2.05, 4.69) is 30.5 Å². The first kappa shape index (κ1) is 18.4. The predicted octanol–water partition coefficient (Wildman–Crippen LogP) is 5.03. The van der Waals surface area contributed by atoms with Gasteiger partial charge < -0.3 is 10.4 Å². The Kier molecular flexibility index (Phi) is 4.73. The first-order valence-electron chi connectivity index (χ1n) is 8.41. The minimum absolute atomic E-state index is 0.585. The number of rotatable bonds is 3. The van der Waals surface area contributed by atoms with E-state index in [1.165, 1.54) is 15.0 Å². The average molecular weight is 359 g/mol. The van der Waals surface area contributed by atoms with Gasteiger partial charge >= 0.3 is 0 Å². The molecule has 1 saturated heterocycles. The summed E-state index contributed by atoms with van der Waals surface area (Å²) in [6, 6.07) is 16.4. The van der Waals surface area contributed by atoms with Crippen LogP contribution in [0.15, 0.2) is 53.4 Å².